The first-order valence-electron chi connectivity index (χ1n) is 7.56. The van der Waals surface area contributed by atoms with Crippen LogP contribution in [0.3, 0.4) is 0 Å². The number of hydrogen-bond acceptors (Lipinski definition) is 3. The average molecular weight is 449 g/mol. The summed E-state index contributed by atoms with van der Waals surface area (Å²) in [4.78, 5) is 0. The standard InChI is InChI=1S/C17H19Cl5O3/c1-12(18)4-8-23-6-2-3-7-25-17-14(19)10-13(11-15(17)20)24-9-5-16(21)22/h4-5,10-11H,2-3,6-9H2,1H3. The molecule has 0 aliphatic carbocycles. The lowest BCUT2D eigenvalue weighted by Crippen LogP contribution is -2.02. The second kappa shape index (κ2) is 13.0. The van der Waals surface area contributed by atoms with E-state index in [9.17, 15) is 0 Å². The van der Waals surface area contributed by atoms with Crippen molar-refractivity contribution in [2.45, 2.75) is 19.8 Å². The van der Waals surface area contributed by atoms with E-state index in [4.69, 9.17) is 72.2 Å². The molecule has 1 aromatic carbocycles. The third-order valence-electron chi connectivity index (χ3n) is 2.87. The number of ether oxygens (including phenoxy) is 3. The Morgan fingerprint density at radius 2 is 1.56 bits per heavy atom. The van der Waals surface area contributed by atoms with Crippen LogP contribution in [0.4, 0.5) is 0 Å². The zero-order valence-corrected chi connectivity index (χ0v) is 17.4. The van der Waals surface area contributed by atoms with E-state index in [1.54, 1.807) is 12.1 Å². The van der Waals surface area contributed by atoms with Crippen LogP contribution in [0.2, 0.25) is 10.0 Å². The average Bonchev–Trinajstić information content (AvgIpc) is 2.51. The fourth-order valence-corrected chi connectivity index (χ4v) is 2.46. The van der Waals surface area contributed by atoms with Gasteiger partial charge in [-0.25, -0.2) is 0 Å². The normalized spacial score (nSPS) is 11.4. The van der Waals surface area contributed by atoms with Gasteiger partial charge in [0.2, 0.25) is 0 Å². The highest BCUT2D eigenvalue weighted by molar-refractivity contribution is 6.55. The highest BCUT2D eigenvalue weighted by Gasteiger charge is 2.10. The Morgan fingerprint density at radius 1 is 0.920 bits per heavy atom. The van der Waals surface area contributed by atoms with Crippen LogP contribution >= 0.6 is 58.0 Å². The van der Waals surface area contributed by atoms with Crippen LogP contribution in [0, 0.1) is 0 Å². The van der Waals surface area contributed by atoms with Gasteiger partial charge >= 0.3 is 0 Å². The monoisotopic (exact) mass is 446 g/mol. The van der Waals surface area contributed by atoms with Gasteiger partial charge in [0.25, 0.3) is 0 Å². The fraction of sp³-hybridized carbons (Fsp3) is 0.412. The molecule has 8 heteroatoms. The molecule has 0 atom stereocenters. The number of unbranched alkanes of at least 4 members (excludes halogenated alkanes) is 1. The Labute approximate surface area is 173 Å². The van der Waals surface area contributed by atoms with Gasteiger partial charge in [-0.3, -0.25) is 0 Å². The predicted octanol–water partition coefficient (Wildman–Crippen LogP) is 7.01. The highest BCUT2D eigenvalue weighted by atomic mass is 35.5. The topological polar surface area (TPSA) is 27.7 Å². The lowest BCUT2D eigenvalue weighted by Gasteiger charge is -2.12. The minimum atomic E-state index is 0.134. The van der Waals surface area contributed by atoms with Crippen LogP contribution in [-0.4, -0.2) is 26.4 Å². The van der Waals surface area contributed by atoms with Crippen molar-refractivity contribution in [3.63, 3.8) is 0 Å². The van der Waals surface area contributed by atoms with Crippen molar-refractivity contribution in [3.8, 4) is 11.5 Å². The first-order valence-corrected chi connectivity index (χ1v) is 9.45. The zero-order chi connectivity index (χ0) is 18.7. The van der Waals surface area contributed by atoms with Crippen molar-refractivity contribution in [1.82, 2.24) is 0 Å². The summed E-state index contributed by atoms with van der Waals surface area (Å²) >= 11 is 29.1. The Hall–Kier alpha value is -0.290. The van der Waals surface area contributed by atoms with Crippen molar-refractivity contribution in [1.29, 1.82) is 0 Å². The Kier molecular flexibility index (Phi) is 11.8. The molecule has 0 aliphatic heterocycles. The molecule has 0 amide bonds. The molecule has 1 rings (SSSR count). The molecule has 0 N–H and O–H groups in total. The van der Waals surface area contributed by atoms with Crippen LogP contribution in [0.15, 0.2) is 33.8 Å². The molecule has 0 fully saturated rings. The van der Waals surface area contributed by atoms with Crippen molar-refractivity contribution in [2.24, 2.45) is 0 Å². The first-order chi connectivity index (χ1) is 11.9. The van der Waals surface area contributed by atoms with Gasteiger partial charge in [0.15, 0.2) is 5.75 Å². The van der Waals surface area contributed by atoms with Gasteiger partial charge in [-0.05, 0) is 31.9 Å². The maximum Gasteiger partial charge on any atom is 0.156 e. The van der Waals surface area contributed by atoms with Crippen molar-refractivity contribution >= 4 is 58.0 Å². The summed E-state index contributed by atoms with van der Waals surface area (Å²) in [5.41, 5.74) is 0. The van der Waals surface area contributed by atoms with Gasteiger partial charge in [-0.15, -0.1) is 0 Å². The predicted molar refractivity (Wildman–Crippen MR) is 107 cm³/mol. The van der Waals surface area contributed by atoms with E-state index < -0.39 is 0 Å². The summed E-state index contributed by atoms with van der Waals surface area (Å²) in [6, 6.07) is 3.26. The fourth-order valence-electron chi connectivity index (χ4n) is 1.70. The van der Waals surface area contributed by atoms with Gasteiger partial charge in [0.05, 0.1) is 23.3 Å². The van der Waals surface area contributed by atoms with Crippen molar-refractivity contribution < 1.29 is 14.2 Å². The summed E-state index contributed by atoms with van der Waals surface area (Å²) in [6.45, 7) is 3.66. The Balaban J connectivity index is 2.36. The number of hydrogen-bond donors (Lipinski definition) is 0. The quantitative estimate of drug-likeness (QED) is 0.341. The molecule has 0 aliphatic rings. The van der Waals surface area contributed by atoms with Crippen LogP contribution in [0.25, 0.3) is 0 Å². The van der Waals surface area contributed by atoms with E-state index in [0.717, 1.165) is 17.9 Å². The Bertz CT molecular complexity index is 571. The summed E-state index contributed by atoms with van der Waals surface area (Å²) in [5.74, 6) is 0.937. The molecule has 140 valence electrons. The van der Waals surface area contributed by atoms with E-state index in [1.165, 1.54) is 6.08 Å². The molecule has 0 bridgehead atoms. The van der Waals surface area contributed by atoms with Gasteiger partial charge in [0, 0.05) is 23.8 Å². The minimum Gasteiger partial charge on any atom is -0.490 e. The second-order valence-corrected chi connectivity index (χ2v) is 7.36. The molecule has 25 heavy (non-hydrogen) atoms. The summed E-state index contributed by atoms with van der Waals surface area (Å²) in [6.07, 6.45) is 5.00. The van der Waals surface area contributed by atoms with Gasteiger partial charge in [0.1, 0.15) is 16.8 Å². The molecule has 0 radical (unpaired) electrons. The minimum absolute atomic E-state index is 0.134. The summed E-state index contributed by atoms with van der Waals surface area (Å²) in [7, 11) is 0. The van der Waals surface area contributed by atoms with E-state index in [2.05, 4.69) is 0 Å². The largest absolute Gasteiger partial charge is 0.490 e. The molecule has 0 saturated heterocycles. The first kappa shape index (κ1) is 22.8. The van der Waals surface area contributed by atoms with E-state index in [1.807, 2.05) is 13.0 Å². The molecule has 0 heterocycles. The molecular formula is C17H19Cl5O3. The number of halogens is 5. The van der Waals surface area contributed by atoms with Crippen LogP contribution in [-0.2, 0) is 4.74 Å². The third kappa shape index (κ3) is 10.4. The lowest BCUT2D eigenvalue weighted by atomic mass is 10.3. The number of rotatable bonds is 11. The summed E-state index contributed by atoms with van der Waals surface area (Å²) in [5, 5.41) is 1.48. The van der Waals surface area contributed by atoms with Crippen molar-refractivity contribution in [2.75, 3.05) is 26.4 Å². The van der Waals surface area contributed by atoms with Crippen LogP contribution in [0.5, 0.6) is 11.5 Å². The van der Waals surface area contributed by atoms with E-state index in [-0.39, 0.29) is 11.1 Å². The van der Waals surface area contributed by atoms with E-state index >= 15 is 0 Å². The molecule has 1 aromatic rings. The van der Waals surface area contributed by atoms with Gasteiger partial charge < -0.3 is 14.2 Å². The van der Waals surface area contributed by atoms with Gasteiger partial charge in [-0.1, -0.05) is 58.0 Å². The number of allylic oxidation sites excluding steroid dienone is 1. The van der Waals surface area contributed by atoms with E-state index in [0.29, 0.717) is 41.4 Å². The molecule has 0 unspecified atom stereocenters. The number of benzene rings is 1. The zero-order valence-electron chi connectivity index (χ0n) is 13.7. The maximum atomic E-state index is 6.19. The van der Waals surface area contributed by atoms with Crippen molar-refractivity contribution in [3.05, 3.63) is 43.9 Å². The third-order valence-corrected chi connectivity index (χ3v) is 3.90. The molecule has 0 aromatic heterocycles. The second-order valence-electron chi connectivity index (χ2n) is 4.94. The molecular weight excluding hydrogens is 429 g/mol. The maximum absolute atomic E-state index is 6.19. The smallest absolute Gasteiger partial charge is 0.156 e. The summed E-state index contributed by atoms with van der Waals surface area (Å²) < 4.78 is 16.6. The highest BCUT2D eigenvalue weighted by Crippen LogP contribution is 2.37. The molecule has 0 spiro atoms. The lowest BCUT2D eigenvalue weighted by molar-refractivity contribution is 0.152. The van der Waals surface area contributed by atoms with Crippen LogP contribution in [0.1, 0.15) is 19.8 Å². The molecule has 3 nitrogen and oxygen atoms in total. The van der Waals surface area contributed by atoms with Gasteiger partial charge in [-0.2, -0.15) is 0 Å². The molecule has 0 saturated carbocycles. The SMILES string of the molecule is CC(Cl)=CCOCCCCOc1c(Cl)cc(OCC=C(Cl)Cl)cc1Cl. The Morgan fingerprint density at radius 3 is 2.16 bits per heavy atom. The van der Waals surface area contributed by atoms with Crippen LogP contribution < -0.4 is 9.47 Å².